The maximum absolute atomic E-state index is 14.2. The van der Waals surface area contributed by atoms with E-state index in [1.165, 1.54) is 43.4 Å². The molecule has 3 rings (SSSR count). The normalized spacial score (nSPS) is 11.9. The second-order valence-corrected chi connectivity index (χ2v) is 11.7. The van der Waals surface area contributed by atoms with Gasteiger partial charge in [-0.3, -0.25) is 13.9 Å². The maximum Gasteiger partial charge on any atom is 0.264 e. The molecule has 0 saturated heterocycles. The largest absolute Gasteiger partial charge is 0.497 e. The highest BCUT2D eigenvalue weighted by atomic mass is 32.2. The van der Waals surface area contributed by atoms with E-state index in [0.29, 0.717) is 17.9 Å². The highest BCUT2D eigenvalue weighted by Crippen LogP contribution is 2.33. The zero-order valence-electron chi connectivity index (χ0n) is 24.9. The van der Waals surface area contributed by atoms with Gasteiger partial charge in [0.1, 0.15) is 29.8 Å². The fourth-order valence-electron chi connectivity index (χ4n) is 4.45. The van der Waals surface area contributed by atoms with Crippen molar-refractivity contribution in [3.05, 3.63) is 78.4 Å². The summed E-state index contributed by atoms with van der Waals surface area (Å²) < 4.78 is 45.1. The Balaban J connectivity index is 2.09. The lowest BCUT2D eigenvalue weighted by molar-refractivity contribution is -0.140. The average molecular weight is 598 g/mol. The van der Waals surface area contributed by atoms with Crippen LogP contribution in [0.3, 0.4) is 0 Å². The minimum Gasteiger partial charge on any atom is -0.497 e. The van der Waals surface area contributed by atoms with Gasteiger partial charge in [0.25, 0.3) is 10.0 Å². The van der Waals surface area contributed by atoms with E-state index in [2.05, 4.69) is 5.32 Å². The van der Waals surface area contributed by atoms with Crippen molar-refractivity contribution < 1.29 is 32.2 Å². The van der Waals surface area contributed by atoms with E-state index in [4.69, 9.17) is 14.2 Å². The topological polar surface area (TPSA) is 114 Å². The van der Waals surface area contributed by atoms with Crippen molar-refractivity contribution in [1.29, 1.82) is 0 Å². The number of sulfonamides is 1. The molecule has 3 aromatic rings. The molecule has 0 aliphatic rings. The molecule has 1 N–H and O–H groups in total. The molecule has 2 amide bonds. The van der Waals surface area contributed by atoms with Gasteiger partial charge in [-0.2, -0.15) is 0 Å². The van der Waals surface area contributed by atoms with Gasteiger partial charge in [-0.05, 0) is 74.4 Å². The smallest absolute Gasteiger partial charge is 0.264 e. The lowest BCUT2D eigenvalue weighted by Gasteiger charge is -2.33. The summed E-state index contributed by atoms with van der Waals surface area (Å²) in [5, 5.41) is 2.89. The molecule has 0 unspecified atom stereocenters. The van der Waals surface area contributed by atoms with E-state index in [1.807, 2.05) is 20.8 Å². The van der Waals surface area contributed by atoms with Crippen LogP contribution in [0.1, 0.15) is 32.8 Å². The van der Waals surface area contributed by atoms with Crippen molar-refractivity contribution >= 4 is 27.5 Å². The molecule has 0 saturated carbocycles. The van der Waals surface area contributed by atoms with Gasteiger partial charge in [0, 0.05) is 12.6 Å². The number of anilines is 1. The van der Waals surface area contributed by atoms with E-state index < -0.39 is 28.5 Å². The zero-order valence-corrected chi connectivity index (χ0v) is 25.7. The molecule has 10 nitrogen and oxygen atoms in total. The lowest BCUT2D eigenvalue weighted by atomic mass is 10.1. The van der Waals surface area contributed by atoms with E-state index in [9.17, 15) is 18.0 Å². The maximum atomic E-state index is 14.2. The van der Waals surface area contributed by atoms with E-state index in [1.54, 1.807) is 55.6 Å². The van der Waals surface area contributed by atoms with Gasteiger partial charge < -0.3 is 24.4 Å². The highest BCUT2D eigenvalue weighted by molar-refractivity contribution is 7.92. The lowest BCUT2D eigenvalue weighted by Crippen LogP contribution is -2.53. The summed E-state index contributed by atoms with van der Waals surface area (Å²) in [5.41, 5.74) is 0.940. The minimum absolute atomic E-state index is 0.0340. The van der Waals surface area contributed by atoms with Gasteiger partial charge in [-0.15, -0.1) is 0 Å². The summed E-state index contributed by atoms with van der Waals surface area (Å²) in [5.74, 6) is 0.528. The van der Waals surface area contributed by atoms with Crippen LogP contribution in [0, 0.1) is 0 Å². The van der Waals surface area contributed by atoms with E-state index in [0.717, 1.165) is 9.87 Å². The number of benzene rings is 3. The summed E-state index contributed by atoms with van der Waals surface area (Å²) in [6.07, 6.45) is 0.320. The van der Waals surface area contributed by atoms with E-state index >= 15 is 0 Å². The number of para-hydroxylation sites is 2. The fourth-order valence-corrected chi connectivity index (χ4v) is 5.88. The predicted octanol–water partition coefficient (Wildman–Crippen LogP) is 4.24. The van der Waals surface area contributed by atoms with Gasteiger partial charge in [-0.1, -0.05) is 31.2 Å². The first-order valence-corrected chi connectivity index (χ1v) is 15.0. The molecule has 42 heavy (non-hydrogen) atoms. The number of carbonyl (C=O) groups excluding carboxylic acids is 2. The predicted molar refractivity (Wildman–Crippen MR) is 161 cm³/mol. The number of hydrogen-bond acceptors (Lipinski definition) is 7. The van der Waals surface area contributed by atoms with Crippen molar-refractivity contribution in [2.75, 3.05) is 32.2 Å². The molecule has 0 fully saturated rings. The van der Waals surface area contributed by atoms with Crippen LogP contribution in [0.15, 0.2) is 77.7 Å². The summed E-state index contributed by atoms with van der Waals surface area (Å²) in [7, 11) is 0.214. The van der Waals surface area contributed by atoms with Crippen LogP contribution in [0.5, 0.6) is 17.2 Å². The highest BCUT2D eigenvalue weighted by Gasteiger charge is 2.34. The van der Waals surface area contributed by atoms with Crippen molar-refractivity contribution in [1.82, 2.24) is 10.2 Å². The summed E-state index contributed by atoms with van der Waals surface area (Å²) in [6, 6.07) is 18.6. The number of nitrogens with zero attached hydrogens (tertiary/aromatic N) is 2. The number of ether oxygens (including phenoxy) is 3. The monoisotopic (exact) mass is 597 g/mol. The van der Waals surface area contributed by atoms with Crippen LogP contribution in [0.4, 0.5) is 5.69 Å². The Bertz CT molecular complexity index is 1440. The van der Waals surface area contributed by atoms with Crippen LogP contribution in [-0.4, -0.2) is 65.1 Å². The molecule has 226 valence electrons. The summed E-state index contributed by atoms with van der Waals surface area (Å²) in [6.45, 7) is 4.99. The first-order valence-electron chi connectivity index (χ1n) is 13.6. The molecular formula is C31H39N3O7S. The van der Waals surface area contributed by atoms with E-state index in [-0.39, 0.29) is 34.8 Å². The van der Waals surface area contributed by atoms with Crippen LogP contribution < -0.4 is 23.8 Å². The minimum atomic E-state index is -4.26. The number of amides is 2. The summed E-state index contributed by atoms with van der Waals surface area (Å²) in [4.78, 5) is 28.8. The Hall–Kier alpha value is -4.25. The summed E-state index contributed by atoms with van der Waals surface area (Å²) >= 11 is 0. The molecular weight excluding hydrogens is 558 g/mol. The Morgan fingerprint density at radius 3 is 1.93 bits per heavy atom. The first-order chi connectivity index (χ1) is 20.0. The first kappa shape index (κ1) is 32.3. The molecule has 0 radical (unpaired) electrons. The molecule has 0 spiro atoms. The van der Waals surface area contributed by atoms with Crippen LogP contribution in [0.2, 0.25) is 0 Å². The van der Waals surface area contributed by atoms with Crippen molar-refractivity contribution in [3.63, 3.8) is 0 Å². The van der Waals surface area contributed by atoms with Crippen molar-refractivity contribution in [2.45, 2.75) is 50.7 Å². The third kappa shape index (κ3) is 7.73. The molecule has 0 aliphatic carbocycles. The molecule has 0 aliphatic heterocycles. The molecule has 0 bridgehead atoms. The second-order valence-electron chi connectivity index (χ2n) is 9.82. The molecule has 1 atom stereocenters. The Morgan fingerprint density at radius 2 is 1.40 bits per heavy atom. The van der Waals surface area contributed by atoms with Gasteiger partial charge in [-0.25, -0.2) is 8.42 Å². The van der Waals surface area contributed by atoms with Crippen molar-refractivity contribution in [3.8, 4) is 17.2 Å². The quantitative estimate of drug-likeness (QED) is 0.296. The molecule has 3 aromatic carbocycles. The third-order valence-corrected chi connectivity index (χ3v) is 8.38. The number of nitrogens with one attached hydrogen (secondary N) is 1. The molecule has 11 heteroatoms. The standard InChI is InChI=1S/C31H39N3O7S/c1-7-27(31(36)32-22(2)3)33(20-23-12-14-24(39-4)15-13-23)30(35)21-34(28-10-8-9-11-29(28)41-6)42(37,38)26-18-16-25(40-5)17-19-26/h8-19,22,27H,7,20-21H2,1-6H3,(H,32,36)/t27-/m0/s1. The number of hydrogen-bond donors (Lipinski definition) is 1. The second kappa shape index (κ2) is 14.6. The molecule has 0 heterocycles. The Morgan fingerprint density at radius 1 is 0.833 bits per heavy atom. The Kier molecular flexibility index (Phi) is 11.2. The van der Waals surface area contributed by atoms with Gasteiger partial charge in [0.05, 0.1) is 31.9 Å². The van der Waals surface area contributed by atoms with Crippen molar-refractivity contribution in [2.24, 2.45) is 0 Å². The number of carbonyl (C=O) groups is 2. The van der Waals surface area contributed by atoms with Gasteiger partial charge in [0.15, 0.2) is 0 Å². The SMILES string of the molecule is CC[C@@H](C(=O)NC(C)C)N(Cc1ccc(OC)cc1)C(=O)CN(c1ccccc1OC)S(=O)(=O)c1ccc(OC)cc1. The average Bonchev–Trinajstić information content (AvgIpc) is 2.99. The van der Waals surface area contributed by atoms with Gasteiger partial charge >= 0.3 is 0 Å². The van der Waals surface area contributed by atoms with Crippen LogP contribution in [-0.2, 0) is 26.2 Å². The van der Waals surface area contributed by atoms with Crippen LogP contribution >= 0.6 is 0 Å². The third-order valence-electron chi connectivity index (χ3n) is 6.61. The number of rotatable bonds is 14. The number of methoxy groups -OCH3 is 3. The molecule has 0 aromatic heterocycles. The zero-order chi connectivity index (χ0) is 30.9. The Labute approximate surface area is 248 Å². The fraction of sp³-hybridized carbons (Fsp3) is 0.355. The van der Waals surface area contributed by atoms with Gasteiger partial charge in [0.2, 0.25) is 11.8 Å². The van der Waals surface area contributed by atoms with Crippen LogP contribution in [0.25, 0.3) is 0 Å².